The van der Waals surface area contributed by atoms with Crippen molar-refractivity contribution in [3.8, 4) is 27.6 Å². The van der Waals surface area contributed by atoms with Gasteiger partial charge in [-0.3, -0.25) is 0 Å². The number of aryl methyl sites for hydroxylation is 1. The third-order valence-electron chi connectivity index (χ3n) is 4.12. The molecule has 0 fully saturated rings. The number of hydrogen-bond acceptors (Lipinski definition) is 5. The van der Waals surface area contributed by atoms with E-state index in [-0.39, 0.29) is 0 Å². The molecule has 0 atom stereocenters. The Bertz CT molecular complexity index is 1050. The Morgan fingerprint density at radius 3 is 2.69 bits per heavy atom. The molecule has 0 radical (unpaired) electrons. The Balaban J connectivity index is 1.68. The highest BCUT2D eigenvalue weighted by molar-refractivity contribution is 7.13. The first-order chi connectivity index (χ1) is 12.7. The monoisotopic (exact) mass is 381 g/mol. The zero-order valence-electron chi connectivity index (χ0n) is 14.1. The van der Waals surface area contributed by atoms with Gasteiger partial charge in [0.05, 0.1) is 11.4 Å². The molecule has 2 heterocycles. The van der Waals surface area contributed by atoms with Crippen LogP contribution in [0.4, 0.5) is 5.82 Å². The summed E-state index contributed by atoms with van der Waals surface area (Å²) in [6, 6.07) is 15.7. The molecule has 7 heteroatoms. The summed E-state index contributed by atoms with van der Waals surface area (Å²) in [6.07, 6.45) is 1.02. The highest BCUT2D eigenvalue weighted by Crippen LogP contribution is 2.32. The number of nitrogens with two attached hydrogens (primary N) is 1. The van der Waals surface area contributed by atoms with Gasteiger partial charge in [-0.25, -0.2) is 4.98 Å². The minimum Gasteiger partial charge on any atom is -0.382 e. The van der Waals surface area contributed by atoms with Crippen LogP contribution < -0.4 is 5.73 Å². The van der Waals surface area contributed by atoms with E-state index in [1.165, 1.54) is 16.9 Å². The SMILES string of the molecule is CCc1ccc(-c2csc(-c3nnn(-c4cccc(Cl)c4)c3N)n2)cc1. The lowest BCUT2D eigenvalue weighted by Gasteiger charge is -2.03. The Labute approximate surface area is 160 Å². The topological polar surface area (TPSA) is 69.6 Å². The summed E-state index contributed by atoms with van der Waals surface area (Å²) < 4.78 is 1.57. The van der Waals surface area contributed by atoms with Crippen LogP contribution in [0.5, 0.6) is 0 Å². The molecule has 5 nitrogen and oxygen atoms in total. The molecule has 0 aliphatic heterocycles. The lowest BCUT2D eigenvalue weighted by molar-refractivity contribution is 0.810. The molecule has 130 valence electrons. The number of benzene rings is 2. The van der Waals surface area contributed by atoms with E-state index in [1.54, 1.807) is 16.8 Å². The maximum atomic E-state index is 6.26. The van der Waals surface area contributed by atoms with Gasteiger partial charge in [0, 0.05) is 16.0 Å². The molecule has 0 aliphatic carbocycles. The summed E-state index contributed by atoms with van der Waals surface area (Å²) in [5, 5.41) is 11.7. The number of thiazole rings is 1. The van der Waals surface area contributed by atoms with E-state index >= 15 is 0 Å². The largest absolute Gasteiger partial charge is 0.382 e. The minimum atomic E-state index is 0.439. The molecular formula is C19H16ClN5S. The smallest absolute Gasteiger partial charge is 0.165 e. The Kier molecular flexibility index (Phi) is 4.44. The minimum absolute atomic E-state index is 0.439. The third kappa shape index (κ3) is 3.09. The van der Waals surface area contributed by atoms with Gasteiger partial charge in [0.1, 0.15) is 5.01 Å². The van der Waals surface area contributed by atoms with Crippen molar-refractivity contribution in [1.29, 1.82) is 0 Å². The Hall–Kier alpha value is -2.70. The summed E-state index contributed by atoms with van der Waals surface area (Å²) in [7, 11) is 0. The van der Waals surface area contributed by atoms with Gasteiger partial charge in [0.15, 0.2) is 11.5 Å². The van der Waals surface area contributed by atoms with E-state index in [2.05, 4.69) is 46.5 Å². The lowest BCUT2D eigenvalue weighted by atomic mass is 10.1. The molecule has 26 heavy (non-hydrogen) atoms. The highest BCUT2D eigenvalue weighted by Gasteiger charge is 2.17. The molecule has 0 spiro atoms. The standard InChI is InChI=1S/C19H16ClN5S/c1-2-12-6-8-13(9-7-12)16-11-26-19(22-16)17-18(21)25(24-23-17)15-5-3-4-14(20)10-15/h3-11H,2,21H2,1H3. The summed E-state index contributed by atoms with van der Waals surface area (Å²) in [5.74, 6) is 0.439. The zero-order chi connectivity index (χ0) is 18.1. The molecular weight excluding hydrogens is 366 g/mol. The van der Waals surface area contributed by atoms with Crippen molar-refractivity contribution in [2.75, 3.05) is 5.73 Å². The highest BCUT2D eigenvalue weighted by atomic mass is 35.5. The second-order valence-electron chi connectivity index (χ2n) is 5.80. The maximum Gasteiger partial charge on any atom is 0.165 e. The third-order valence-corrected chi connectivity index (χ3v) is 5.21. The van der Waals surface area contributed by atoms with E-state index in [1.807, 2.05) is 17.5 Å². The van der Waals surface area contributed by atoms with Crippen LogP contribution in [0.25, 0.3) is 27.6 Å². The summed E-state index contributed by atoms with van der Waals surface area (Å²) >= 11 is 7.55. The molecule has 0 saturated carbocycles. The van der Waals surface area contributed by atoms with E-state index in [9.17, 15) is 0 Å². The summed E-state index contributed by atoms with van der Waals surface area (Å²) in [4.78, 5) is 4.69. The molecule has 2 aromatic heterocycles. The van der Waals surface area contributed by atoms with Crippen molar-refractivity contribution >= 4 is 28.8 Å². The summed E-state index contributed by atoms with van der Waals surface area (Å²) in [6.45, 7) is 2.14. The van der Waals surface area contributed by atoms with Crippen molar-refractivity contribution in [2.45, 2.75) is 13.3 Å². The van der Waals surface area contributed by atoms with Crippen molar-refractivity contribution in [3.63, 3.8) is 0 Å². The van der Waals surface area contributed by atoms with Crippen LogP contribution in [-0.4, -0.2) is 20.0 Å². The van der Waals surface area contributed by atoms with Crippen molar-refractivity contribution < 1.29 is 0 Å². The van der Waals surface area contributed by atoms with Crippen LogP contribution in [0.3, 0.4) is 0 Å². The van der Waals surface area contributed by atoms with Crippen LogP contribution in [0.2, 0.25) is 5.02 Å². The number of hydrogen-bond donors (Lipinski definition) is 1. The normalized spacial score (nSPS) is 11.0. The summed E-state index contributed by atoms with van der Waals surface area (Å²) in [5.41, 5.74) is 10.9. The van der Waals surface area contributed by atoms with E-state index in [0.29, 0.717) is 16.5 Å². The number of halogens is 1. The molecule has 0 aliphatic rings. The first kappa shape index (κ1) is 16.8. The average Bonchev–Trinajstić information content (AvgIpc) is 3.28. The van der Waals surface area contributed by atoms with Gasteiger partial charge in [0.25, 0.3) is 0 Å². The van der Waals surface area contributed by atoms with Crippen LogP contribution in [-0.2, 0) is 6.42 Å². The quantitative estimate of drug-likeness (QED) is 0.548. The molecule has 0 amide bonds. The van der Waals surface area contributed by atoms with Crippen LogP contribution in [0, 0.1) is 0 Å². The first-order valence-electron chi connectivity index (χ1n) is 8.18. The molecule has 2 N–H and O–H groups in total. The van der Waals surface area contributed by atoms with Gasteiger partial charge in [-0.05, 0) is 30.2 Å². The number of aromatic nitrogens is 4. The van der Waals surface area contributed by atoms with E-state index < -0.39 is 0 Å². The van der Waals surface area contributed by atoms with Gasteiger partial charge in [-0.1, -0.05) is 54.1 Å². The van der Waals surface area contributed by atoms with Crippen LogP contribution in [0.1, 0.15) is 12.5 Å². The molecule has 0 saturated heterocycles. The number of rotatable bonds is 4. The Morgan fingerprint density at radius 2 is 1.96 bits per heavy atom. The second kappa shape index (κ2) is 6.90. The molecule has 4 rings (SSSR count). The fourth-order valence-electron chi connectivity index (χ4n) is 2.67. The predicted octanol–water partition coefficient (Wildman–Crippen LogP) is 4.86. The van der Waals surface area contributed by atoms with Gasteiger partial charge in [0.2, 0.25) is 0 Å². The van der Waals surface area contributed by atoms with Gasteiger partial charge in [-0.15, -0.1) is 16.4 Å². The fraction of sp³-hybridized carbons (Fsp3) is 0.105. The Morgan fingerprint density at radius 1 is 1.15 bits per heavy atom. The fourth-order valence-corrected chi connectivity index (χ4v) is 3.67. The van der Waals surface area contributed by atoms with Gasteiger partial charge in [-0.2, -0.15) is 4.68 Å². The van der Waals surface area contributed by atoms with Crippen molar-refractivity contribution in [2.24, 2.45) is 0 Å². The molecule has 2 aromatic carbocycles. The van der Waals surface area contributed by atoms with Crippen molar-refractivity contribution in [1.82, 2.24) is 20.0 Å². The second-order valence-corrected chi connectivity index (χ2v) is 7.10. The molecule has 4 aromatic rings. The van der Waals surface area contributed by atoms with Gasteiger partial charge < -0.3 is 5.73 Å². The number of nitrogen functional groups attached to an aromatic ring is 1. The predicted molar refractivity (Wildman–Crippen MR) is 107 cm³/mol. The van der Waals surface area contributed by atoms with Gasteiger partial charge >= 0.3 is 0 Å². The number of nitrogens with zero attached hydrogens (tertiary/aromatic N) is 4. The van der Waals surface area contributed by atoms with Crippen LogP contribution >= 0.6 is 22.9 Å². The van der Waals surface area contributed by atoms with E-state index in [4.69, 9.17) is 17.3 Å². The molecule has 0 unspecified atom stereocenters. The zero-order valence-corrected chi connectivity index (χ0v) is 15.6. The van der Waals surface area contributed by atoms with Crippen molar-refractivity contribution in [3.05, 3.63) is 64.5 Å². The van der Waals surface area contributed by atoms with E-state index in [0.717, 1.165) is 28.4 Å². The lowest BCUT2D eigenvalue weighted by Crippen LogP contribution is -2.02. The maximum absolute atomic E-state index is 6.26. The average molecular weight is 382 g/mol. The number of anilines is 1. The van der Waals surface area contributed by atoms with Crippen LogP contribution in [0.15, 0.2) is 53.9 Å². The first-order valence-corrected chi connectivity index (χ1v) is 9.44. The molecule has 0 bridgehead atoms.